The average molecular weight is 394 g/mol. The lowest BCUT2D eigenvalue weighted by Gasteiger charge is -2.07. The first kappa shape index (κ1) is 17.7. The first-order valence-corrected chi connectivity index (χ1v) is 7.95. The summed E-state index contributed by atoms with van der Waals surface area (Å²) in [4.78, 5) is 23.3. The molecule has 0 aliphatic carbocycles. The van der Waals surface area contributed by atoms with Gasteiger partial charge in [0.05, 0.1) is 25.6 Å². The van der Waals surface area contributed by atoms with E-state index in [1.54, 1.807) is 24.3 Å². The van der Waals surface area contributed by atoms with Crippen molar-refractivity contribution in [3.63, 3.8) is 0 Å². The number of ether oxygens (including phenoxy) is 1. The summed E-state index contributed by atoms with van der Waals surface area (Å²) in [6, 6.07) is 8.80. The SMILES string of the molecule is CCOc1ccc(Br)cc1/C=N\NC(=O)C(=O)NCc1ccco1. The molecule has 1 aromatic heterocycles. The molecule has 8 heteroatoms. The second-order valence-electron chi connectivity index (χ2n) is 4.58. The van der Waals surface area contributed by atoms with Crippen LogP contribution in [0, 0.1) is 0 Å². The van der Waals surface area contributed by atoms with Gasteiger partial charge in [0.25, 0.3) is 0 Å². The van der Waals surface area contributed by atoms with E-state index in [1.165, 1.54) is 12.5 Å². The molecule has 0 radical (unpaired) electrons. The zero-order valence-corrected chi connectivity index (χ0v) is 14.5. The standard InChI is InChI=1S/C16H16BrN3O4/c1-2-23-14-6-5-12(17)8-11(14)9-19-20-16(22)15(21)18-10-13-4-3-7-24-13/h3-9H,2,10H2,1H3,(H,18,21)(H,20,22)/b19-9-. The highest BCUT2D eigenvalue weighted by Gasteiger charge is 2.12. The smallest absolute Gasteiger partial charge is 0.329 e. The lowest BCUT2D eigenvalue weighted by molar-refractivity contribution is -0.139. The number of halogens is 1. The van der Waals surface area contributed by atoms with Crippen molar-refractivity contribution in [1.82, 2.24) is 10.7 Å². The fraction of sp³-hybridized carbons (Fsp3) is 0.188. The number of rotatable bonds is 6. The Morgan fingerprint density at radius 3 is 2.88 bits per heavy atom. The van der Waals surface area contributed by atoms with Crippen molar-refractivity contribution in [3.05, 3.63) is 52.4 Å². The molecular formula is C16H16BrN3O4. The Labute approximate surface area is 147 Å². The maximum absolute atomic E-state index is 11.7. The number of hydrogen-bond acceptors (Lipinski definition) is 5. The van der Waals surface area contributed by atoms with Crippen LogP contribution in [0.25, 0.3) is 0 Å². The van der Waals surface area contributed by atoms with Gasteiger partial charge in [0.15, 0.2) is 0 Å². The van der Waals surface area contributed by atoms with Crippen molar-refractivity contribution in [2.45, 2.75) is 13.5 Å². The lowest BCUT2D eigenvalue weighted by Crippen LogP contribution is -2.37. The molecule has 7 nitrogen and oxygen atoms in total. The third-order valence-electron chi connectivity index (χ3n) is 2.85. The molecule has 0 spiro atoms. The topological polar surface area (TPSA) is 92.9 Å². The predicted molar refractivity (Wildman–Crippen MR) is 91.6 cm³/mol. The van der Waals surface area contributed by atoms with Crippen LogP contribution in [0.1, 0.15) is 18.2 Å². The normalized spacial score (nSPS) is 10.6. The maximum Gasteiger partial charge on any atom is 0.329 e. The van der Waals surface area contributed by atoms with E-state index in [0.29, 0.717) is 23.7 Å². The number of benzene rings is 1. The lowest BCUT2D eigenvalue weighted by atomic mass is 10.2. The highest BCUT2D eigenvalue weighted by atomic mass is 79.9. The van der Waals surface area contributed by atoms with Crippen LogP contribution in [-0.2, 0) is 16.1 Å². The minimum atomic E-state index is -0.870. The largest absolute Gasteiger partial charge is 0.493 e. The van der Waals surface area contributed by atoms with E-state index < -0.39 is 11.8 Å². The molecule has 1 aromatic carbocycles. The van der Waals surface area contributed by atoms with E-state index >= 15 is 0 Å². The molecule has 1 heterocycles. The molecule has 24 heavy (non-hydrogen) atoms. The Hall–Kier alpha value is -2.61. The molecule has 126 valence electrons. The molecule has 0 bridgehead atoms. The molecule has 2 aromatic rings. The van der Waals surface area contributed by atoms with E-state index in [-0.39, 0.29) is 6.54 Å². The van der Waals surface area contributed by atoms with Gasteiger partial charge in [-0.1, -0.05) is 15.9 Å². The van der Waals surface area contributed by atoms with Gasteiger partial charge in [-0.3, -0.25) is 9.59 Å². The number of hydrogen-bond donors (Lipinski definition) is 2. The van der Waals surface area contributed by atoms with Gasteiger partial charge in [0, 0.05) is 10.0 Å². The van der Waals surface area contributed by atoms with Crippen LogP contribution in [0.15, 0.2) is 50.6 Å². The molecule has 2 rings (SSSR count). The Bertz CT molecular complexity index is 729. The van der Waals surface area contributed by atoms with Crippen molar-refractivity contribution in [2.75, 3.05) is 6.61 Å². The van der Waals surface area contributed by atoms with Gasteiger partial charge in [-0.05, 0) is 37.3 Å². The molecule has 0 aliphatic rings. The molecule has 0 saturated heterocycles. The minimum absolute atomic E-state index is 0.128. The number of hydrazone groups is 1. The van der Waals surface area contributed by atoms with Gasteiger partial charge in [0.2, 0.25) is 0 Å². The number of nitrogens with zero attached hydrogens (tertiary/aromatic N) is 1. The van der Waals surface area contributed by atoms with Crippen molar-refractivity contribution >= 4 is 34.0 Å². The zero-order valence-electron chi connectivity index (χ0n) is 12.9. The Morgan fingerprint density at radius 1 is 1.33 bits per heavy atom. The first-order chi connectivity index (χ1) is 11.6. The van der Waals surface area contributed by atoms with Gasteiger partial charge < -0.3 is 14.5 Å². The Balaban J connectivity index is 1.89. The molecule has 2 amide bonds. The van der Waals surface area contributed by atoms with Crippen LogP contribution in [0.2, 0.25) is 0 Å². The van der Waals surface area contributed by atoms with E-state index in [0.717, 1.165) is 4.47 Å². The highest BCUT2D eigenvalue weighted by Crippen LogP contribution is 2.21. The third kappa shape index (κ3) is 5.24. The van der Waals surface area contributed by atoms with Crippen molar-refractivity contribution in [1.29, 1.82) is 0 Å². The molecule has 0 unspecified atom stereocenters. The van der Waals surface area contributed by atoms with Gasteiger partial charge >= 0.3 is 11.8 Å². The summed E-state index contributed by atoms with van der Waals surface area (Å²) < 4.78 is 11.4. The van der Waals surface area contributed by atoms with Crippen LogP contribution in [-0.4, -0.2) is 24.6 Å². The fourth-order valence-electron chi connectivity index (χ4n) is 1.78. The van der Waals surface area contributed by atoms with Gasteiger partial charge in [-0.25, -0.2) is 5.43 Å². The summed E-state index contributed by atoms with van der Waals surface area (Å²) in [7, 11) is 0. The van der Waals surface area contributed by atoms with Crippen LogP contribution >= 0.6 is 15.9 Å². The number of carbonyl (C=O) groups excluding carboxylic acids is 2. The molecule has 0 atom stereocenters. The predicted octanol–water partition coefficient (Wildman–Crippen LogP) is 2.21. The van der Waals surface area contributed by atoms with E-state index in [1.807, 2.05) is 13.0 Å². The summed E-state index contributed by atoms with van der Waals surface area (Å²) in [5.74, 6) is -0.496. The summed E-state index contributed by atoms with van der Waals surface area (Å²) >= 11 is 3.35. The summed E-state index contributed by atoms with van der Waals surface area (Å²) in [5.41, 5.74) is 2.84. The highest BCUT2D eigenvalue weighted by molar-refractivity contribution is 9.10. The maximum atomic E-state index is 11.7. The van der Waals surface area contributed by atoms with Gasteiger partial charge in [-0.2, -0.15) is 5.10 Å². The summed E-state index contributed by atoms with van der Waals surface area (Å²) in [6.07, 6.45) is 2.90. The van der Waals surface area contributed by atoms with Crippen molar-refractivity contribution in [2.24, 2.45) is 5.10 Å². The first-order valence-electron chi connectivity index (χ1n) is 7.16. The summed E-state index contributed by atoms with van der Waals surface area (Å²) in [5, 5.41) is 6.21. The van der Waals surface area contributed by atoms with Crippen LogP contribution in [0.3, 0.4) is 0 Å². The summed E-state index contributed by atoms with van der Waals surface area (Å²) in [6.45, 7) is 2.50. The van der Waals surface area contributed by atoms with Crippen LogP contribution in [0.4, 0.5) is 0 Å². The van der Waals surface area contributed by atoms with Crippen LogP contribution < -0.4 is 15.5 Å². The zero-order chi connectivity index (χ0) is 17.4. The second-order valence-corrected chi connectivity index (χ2v) is 5.49. The van der Waals surface area contributed by atoms with Crippen LogP contribution in [0.5, 0.6) is 5.75 Å². The fourth-order valence-corrected chi connectivity index (χ4v) is 2.16. The van der Waals surface area contributed by atoms with E-state index in [9.17, 15) is 9.59 Å². The number of furan rings is 1. The van der Waals surface area contributed by atoms with Crippen molar-refractivity contribution < 1.29 is 18.7 Å². The van der Waals surface area contributed by atoms with Crippen molar-refractivity contribution in [3.8, 4) is 5.75 Å². The molecule has 2 N–H and O–H groups in total. The van der Waals surface area contributed by atoms with E-state index in [4.69, 9.17) is 9.15 Å². The minimum Gasteiger partial charge on any atom is -0.493 e. The average Bonchev–Trinajstić information content (AvgIpc) is 3.08. The number of carbonyl (C=O) groups is 2. The number of nitrogens with one attached hydrogen (secondary N) is 2. The Kier molecular flexibility index (Phi) is 6.56. The third-order valence-corrected chi connectivity index (χ3v) is 3.34. The molecule has 0 saturated carbocycles. The second kappa shape index (κ2) is 8.88. The monoisotopic (exact) mass is 393 g/mol. The molecular weight excluding hydrogens is 378 g/mol. The molecule has 0 aliphatic heterocycles. The quantitative estimate of drug-likeness (QED) is 0.446. The number of amides is 2. The van der Waals surface area contributed by atoms with E-state index in [2.05, 4.69) is 31.8 Å². The van der Waals surface area contributed by atoms with Gasteiger partial charge in [-0.15, -0.1) is 0 Å². The Morgan fingerprint density at radius 2 is 2.17 bits per heavy atom. The van der Waals surface area contributed by atoms with Gasteiger partial charge in [0.1, 0.15) is 11.5 Å². The molecule has 0 fully saturated rings.